The normalized spacial score (nSPS) is 23.1. The molecule has 0 atom stereocenters. The summed E-state index contributed by atoms with van der Waals surface area (Å²) in [5.74, 6) is 1.31. The summed E-state index contributed by atoms with van der Waals surface area (Å²) in [6.45, 7) is 9.89. The van der Waals surface area contributed by atoms with Crippen molar-refractivity contribution in [3.8, 4) is 0 Å². The van der Waals surface area contributed by atoms with Gasteiger partial charge in [-0.1, -0.05) is 12.2 Å². The van der Waals surface area contributed by atoms with E-state index in [0.29, 0.717) is 12.5 Å². The fourth-order valence-corrected chi connectivity index (χ4v) is 2.49. The number of hydrogen-bond donors (Lipinski definition) is 2. The molecule has 3 N–H and O–H groups in total. The van der Waals surface area contributed by atoms with Gasteiger partial charge in [0.1, 0.15) is 0 Å². The summed E-state index contributed by atoms with van der Waals surface area (Å²) in [4.78, 5) is 6.88. The Morgan fingerprint density at radius 3 is 2.56 bits per heavy atom. The summed E-state index contributed by atoms with van der Waals surface area (Å²) in [5.41, 5.74) is 6.85. The molecular formula is C14H26N4. The highest BCUT2D eigenvalue weighted by Crippen LogP contribution is 2.30. The average Bonchev–Trinajstić information content (AvgIpc) is 3.18. The van der Waals surface area contributed by atoms with Crippen LogP contribution in [0.5, 0.6) is 0 Å². The van der Waals surface area contributed by atoms with E-state index >= 15 is 0 Å². The zero-order valence-electron chi connectivity index (χ0n) is 11.5. The number of nitrogens with two attached hydrogens (primary N) is 1. The second-order valence-corrected chi connectivity index (χ2v) is 5.75. The summed E-state index contributed by atoms with van der Waals surface area (Å²) in [6.07, 6.45) is 5.42. The van der Waals surface area contributed by atoms with Crippen LogP contribution in [0, 0.1) is 5.92 Å². The number of hydrogen-bond acceptors (Lipinski definition) is 2. The molecule has 18 heavy (non-hydrogen) atoms. The van der Waals surface area contributed by atoms with Crippen LogP contribution >= 0.6 is 0 Å². The monoisotopic (exact) mass is 250 g/mol. The number of likely N-dealkylation sites (tertiary alicyclic amines) is 1. The van der Waals surface area contributed by atoms with Gasteiger partial charge in [-0.15, -0.1) is 0 Å². The molecule has 0 aromatic carbocycles. The molecule has 1 saturated carbocycles. The Labute approximate surface area is 110 Å². The fourth-order valence-electron chi connectivity index (χ4n) is 2.49. The maximum absolute atomic E-state index is 5.81. The first-order valence-electron chi connectivity index (χ1n) is 7.07. The van der Waals surface area contributed by atoms with E-state index in [1.807, 2.05) is 6.92 Å². The van der Waals surface area contributed by atoms with Crippen LogP contribution in [0.3, 0.4) is 0 Å². The van der Waals surface area contributed by atoms with Crippen LogP contribution in [0.25, 0.3) is 0 Å². The van der Waals surface area contributed by atoms with E-state index in [2.05, 4.69) is 21.8 Å². The van der Waals surface area contributed by atoms with Gasteiger partial charge in [-0.3, -0.25) is 0 Å². The number of aliphatic imine (C=N–C) groups is 1. The highest BCUT2D eigenvalue weighted by molar-refractivity contribution is 5.77. The maximum atomic E-state index is 5.81. The second-order valence-electron chi connectivity index (χ2n) is 5.75. The topological polar surface area (TPSA) is 53.6 Å². The Balaban J connectivity index is 1.62. The average molecular weight is 250 g/mol. The summed E-state index contributed by atoms with van der Waals surface area (Å²) in [6, 6.07) is 0.918. The maximum Gasteiger partial charge on any atom is 0.188 e. The van der Waals surface area contributed by atoms with Crippen molar-refractivity contribution in [2.75, 3.05) is 26.2 Å². The van der Waals surface area contributed by atoms with Crippen molar-refractivity contribution >= 4 is 5.96 Å². The molecule has 0 amide bonds. The molecule has 0 spiro atoms. The summed E-state index contributed by atoms with van der Waals surface area (Å²) >= 11 is 0. The third-order valence-electron chi connectivity index (χ3n) is 3.80. The molecule has 0 aromatic rings. The summed E-state index contributed by atoms with van der Waals surface area (Å²) in [7, 11) is 0. The molecule has 2 fully saturated rings. The van der Waals surface area contributed by atoms with Crippen molar-refractivity contribution in [3.05, 3.63) is 12.2 Å². The Bertz CT molecular complexity index is 312. The molecule has 4 nitrogen and oxygen atoms in total. The number of nitrogens with one attached hydrogen (secondary N) is 1. The van der Waals surface area contributed by atoms with Gasteiger partial charge in [-0.2, -0.15) is 0 Å². The van der Waals surface area contributed by atoms with Gasteiger partial charge >= 0.3 is 0 Å². The number of piperidine rings is 1. The standard InChI is InChI=1S/C14H26N4/c1-11(2)9-16-14(15)17-10-12-5-7-18(8-6-12)13-3-4-13/h12-13H,1,3-10H2,2H3,(H3,15,16,17). The van der Waals surface area contributed by atoms with Gasteiger partial charge in [0.2, 0.25) is 0 Å². The van der Waals surface area contributed by atoms with E-state index in [1.54, 1.807) is 0 Å². The van der Waals surface area contributed by atoms with E-state index in [0.717, 1.165) is 24.1 Å². The van der Waals surface area contributed by atoms with Crippen molar-refractivity contribution in [1.82, 2.24) is 10.2 Å². The molecule has 1 aliphatic carbocycles. The molecule has 0 bridgehead atoms. The third-order valence-corrected chi connectivity index (χ3v) is 3.80. The smallest absolute Gasteiger partial charge is 0.188 e. The van der Waals surface area contributed by atoms with E-state index in [1.165, 1.54) is 38.8 Å². The van der Waals surface area contributed by atoms with Crippen LogP contribution in [0.2, 0.25) is 0 Å². The number of nitrogens with zero attached hydrogens (tertiary/aromatic N) is 2. The Morgan fingerprint density at radius 2 is 2.00 bits per heavy atom. The highest BCUT2D eigenvalue weighted by atomic mass is 15.2. The van der Waals surface area contributed by atoms with E-state index < -0.39 is 0 Å². The van der Waals surface area contributed by atoms with Gasteiger partial charge in [0, 0.05) is 12.6 Å². The van der Waals surface area contributed by atoms with Crippen LogP contribution in [-0.4, -0.2) is 43.1 Å². The van der Waals surface area contributed by atoms with Crippen molar-refractivity contribution in [2.24, 2.45) is 16.6 Å². The minimum Gasteiger partial charge on any atom is -0.370 e. The zero-order chi connectivity index (χ0) is 13.0. The van der Waals surface area contributed by atoms with E-state index in [-0.39, 0.29) is 0 Å². The van der Waals surface area contributed by atoms with Crippen molar-refractivity contribution in [3.63, 3.8) is 0 Å². The summed E-state index contributed by atoms with van der Waals surface area (Å²) < 4.78 is 0. The van der Waals surface area contributed by atoms with Crippen LogP contribution < -0.4 is 11.1 Å². The first-order valence-corrected chi connectivity index (χ1v) is 7.07. The SMILES string of the molecule is C=C(C)CN=C(N)NCC1CCN(C2CC2)CC1. The predicted octanol–water partition coefficient (Wildman–Crippen LogP) is 1.34. The first kappa shape index (κ1) is 13.4. The molecule has 0 aromatic heterocycles. The van der Waals surface area contributed by atoms with Gasteiger partial charge in [-0.05, 0) is 51.6 Å². The van der Waals surface area contributed by atoms with Gasteiger partial charge < -0.3 is 16.0 Å². The second kappa shape index (κ2) is 6.23. The van der Waals surface area contributed by atoms with Crippen molar-refractivity contribution < 1.29 is 0 Å². The molecule has 1 saturated heterocycles. The van der Waals surface area contributed by atoms with Crippen LogP contribution in [0.15, 0.2) is 17.1 Å². The predicted molar refractivity (Wildman–Crippen MR) is 76.6 cm³/mol. The van der Waals surface area contributed by atoms with Crippen LogP contribution in [-0.2, 0) is 0 Å². The zero-order valence-corrected chi connectivity index (χ0v) is 11.5. The molecule has 1 aliphatic heterocycles. The summed E-state index contributed by atoms with van der Waals surface area (Å²) in [5, 5.41) is 3.24. The fraction of sp³-hybridized carbons (Fsp3) is 0.786. The molecule has 4 heteroatoms. The Kier molecular flexibility index (Phi) is 4.64. The van der Waals surface area contributed by atoms with Gasteiger partial charge in [0.15, 0.2) is 5.96 Å². The van der Waals surface area contributed by atoms with Gasteiger partial charge in [-0.25, -0.2) is 4.99 Å². The Morgan fingerprint density at radius 1 is 1.33 bits per heavy atom. The van der Waals surface area contributed by atoms with Crippen LogP contribution in [0.1, 0.15) is 32.6 Å². The minimum absolute atomic E-state index is 0.558. The highest BCUT2D eigenvalue weighted by Gasteiger charge is 2.31. The Hall–Kier alpha value is -1.03. The third kappa shape index (κ3) is 4.33. The largest absolute Gasteiger partial charge is 0.370 e. The van der Waals surface area contributed by atoms with Crippen molar-refractivity contribution in [1.29, 1.82) is 0 Å². The first-order chi connectivity index (χ1) is 8.65. The quantitative estimate of drug-likeness (QED) is 0.440. The van der Waals surface area contributed by atoms with E-state index in [4.69, 9.17) is 5.73 Å². The number of guanidine groups is 1. The lowest BCUT2D eigenvalue weighted by Crippen LogP contribution is -2.41. The van der Waals surface area contributed by atoms with Crippen LogP contribution in [0.4, 0.5) is 0 Å². The molecule has 102 valence electrons. The lowest BCUT2D eigenvalue weighted by atomic mass is 9.97. The lowest BCUT2D eigenvalue weighted by molar-refractivity contribution is 0.177. The van der Waals surface area contributed by atoms with Gasteiger partial charge in [0.05, 0.1) is 6.54 Å². The molecule has 0 radical (unpaired) electrons. The van der Waals surface area contributed by atoms with E-state index in [9.17, 15) is 0 Å². The molecular weight excluding hydrogens is 224 g/mol. The van der Waals surface area contributed by atoms with Crippen molar-refractivity contribution in [2.45, 2.75) is 38.6 Å². The molecule has 2 rings (SSSR count). The van der Waals surface area contributed by atoms with Gasteiger partial charge in [0.25, 0.3) is 0 Å². The lowest BCUT2D eigenvalue weighted by Gasteiger charge is -2.32. The minimum atomic E-state index is 0.558. The number of rotatable bonds is 5. The molecule has 0 unspecified atom stereocenters. The molecule has 1 heterocycles. The molecule has 2 aliphatic rings.